The van der Waals surface area contributed by atoms with Gasteiger partial charge in [-0.1, -0.05) is 48.9 Å². The zero-order valence-corrected chi connectivity index (χ0v) is 15.3. The molecule has 0 unspecified atom stereocenters. The molecule has 0 saturated heterocycles. The molecule has 0 fully saturated rings. The average Bonchev–Trinajstić information content (AvgIpc) is 3.06. The highest BCUT2D eigenvalue weighted by molar-refractivity contribution is 6.32. The van der Waals surface area contributed by atoms with Gasteiger partial charge in [0.1, 0.15) is 5.02 Å². The van der Waals surface area contributed by atoms with Crippen LogP contribution in [0, 0.1) is 10.1 Å². The monoisotopic (exact) mass is 384 g/mol. The number of nitro groups is 1. The van der Waals surface area contributed by atoms with Crippen molar-refractivity contribution in [3.8, 4) is 0 Å². The Bertz CT molecular complexity index is 986. The van der Waals surface area contributed by atoms with Crippen LogP contribution in [0.5, 0.6) is 0 Å². The summed E-state index contributed by atoms with van der Waals surface area (Å²) in [7, 11) is 0. The highest BCUT2D eigenvalue weighted by Gasteiger charge is 2.18. The molecule has 0 aliphatic heterocycles. The molecule has 3 aromatic rings. The number of halogens is 1. The molecule has 8 heteroatoms. The van der Waals surface area contributed by atoms with Crippen LogP contribution in [0.2, 0.25) is 5.02 Å². The Hall–Kier alpha value is -3.19. The number of benzene rings is 2. The normalized spacial score (nSPS) is 10.6. The van der Waals surface area contributed by atoms with E-state index in [2.05, 4.69) is 10.4 Å². The Labute approximate surface area is 160 Å². The summed E-state index contributed by atoms with van der Waals surface area (Å²) in [5.41, 5.74) is 2.35. The molecule has 2 aromatic carbocycles. The van der Waals surface area contributed by atoms with Gasteiger partial charge in [0.2, 0.25) is 0 Å². The van der Waals surface area contributed by atoms with Gasteiger partial charge >= 0.3 is 0 Å². The number of anilines is 1. The van der Waals surface area contributed by atoms with E-state index in [9.17, 15) is 14.9 Å². The third kappa shape index (κ3) is 4.15. The molecule has 0 aliphatic rings. The maximum Gasteiger partial charge on any atom is 0.289 e. The van der Waals surface area contributed by atoms with Gasteiger partial charge in [-0.15, -0.1) is 0 Å². The Kier molecular flexibility index (Phi) is 5.52. The van der Waals surface area contributed by atoms with Crippen LogP contribution >= 0.6 is 11.6 Å². The molecule has 7 nitrogen and oxygen atoms in total. The van der Waals surface area contributed by atoms with Crippen LogP contribution in [-0.2, 0) is 13.0 Å². The summed E-state index contributed by atoms with van der Waals surface area (Å²) in [6.45, 7) is 2.51. The zero-order chi connectivity index (χ0) is 19.4. The summed E-state index contributed by atoms with van der Waals surface area (Å²) in [6.07, 6.45) is 2.14. The first-order valence-corrected chi connectivity index (χ1v) is 8.71. The molecule has 0 aliphatic carbocycles. The SMILES string of the molecule is CCc1c(C(=O)Nc2ccc(Cl)c([N+](=O)[O-])c2)cnn1Cc1ccccc1. The Morgan fingerprint density at radius 3 is 2.67 bits per heavy atom. The molecular formula is C19H17ClN4O3. The molecule has 0 atom stereocenters. The second-order valence-electron chi connectivity index (χ2n) is 5.88. The van der Waals surface area contributed by atoms with Crippen molar-refractivity contribution in [2.45, 2.75) is 19.9 Å². The van der Waals surface area contributed by atoms with Crippen molar-refractivity contribution in [3.05, 3.63) is 86.7 Å². The van der Waals surface area contributed by atoms with Crippen molar-refractivity contribution in [1.82, 2.24) is 9.78 Å². The minimum Gasteiger partial charge on any atom is -0.322 e. The first-order chi connectivity index (χ1) is 13.0. The molecule has 1 amide bonds. The maximum atomic E-state index is 12.7. The van der Waals surface area contributed by atoms with Crippen LogP contribution in [0.1, 0.15) is 28.5 Å². The lowest BCUT2D eigenvalue weighted by Crippen LogP contribution is -2.15. The number of nitro benzene ring substituents is 1. The molecule has 0 bridgehead atoms. The van der Waals surface area contributed by atoms with Crippen molar-refractivity contribution in [2.24, 2.45) is 0 Å². The number of rotatable bonds is 6. The van der Waals surface area contributed by atoms with E-state index in [4.69, 9.17) is 11.6 Å². The molecular weight excluding hydrogens is 368 g/mol. The lowest BCUT2D eigenvalue weighted by molar-refractivity contribution is -0.384. The highest BCUT2D eigenvalue weighted by Crippen LogP contribution is 2.27. The van der Waals surface area contributed by atoms with E-state index < -0.39 is 4.92 Å². The number of hydrogen-bond donors (Lipinski definition) is 1. The Morgan fingerprint density at radius 1 is 1.26 bits per heavy atom. The van der Waals surface area contributed by atoms with Crippen molar-refractivity contribution in [3.63, 3.8) is 0 Å². The van der Waals surface area contributed by atoms with Crippen LogP contribution in [0.15, 0.2) is 54.7 Å². The van der Waals surface area contributed by atoms with Gasteiger partial charge in [-0.05, 0) is 24.1 Å². The molecule has 138 valence electrons. The van der Waals surface area contributed by atoms with Crippen LogP contribution in [0.4, 0.5) is 11.4 Å². The summed E-state index contributed by atoms with van der Waals surface area (Å²) in [4.78, 5) is 23.1. The Balaban J connectivity index is 1.83. The number of nitrogens with zero attached hydrogens (tertiary/aromatic N) is 3. The van der Waals surface area contributed by atoms with Crippen molar-refractivity contribution < 1.29 is 9.72 Å². The number of aromatic nitrogens is 2. The fourth-order valence-electron chi connectivity index (χ4n) is 2.79. The van der Waals surface area contributed by atoms with E-state index in [1.807, 2.05) is 37.3 Å². The zero-order valence-electron chi connectivity index (χ0n) is 14.6. The van der Waals surface area contributed by atoms with Crippen LogP contribution in [-0.4, -0.2) is 20.6 Å². The second kappa shape index (κ2) is 8.01. The first-order valence-electron chi connectivity index (χ1n) is 8.33. The molecule has 1 heterocycles. The van der Waals surface area contributed by atoms with E-state index in [0.29, 0.717) is 24.2 Å². The van der Waals surface area contributed by atoms with E-state index in [0.717, 1.165) is 11.3 Å². The van der Waals surface area contributed by atoms with E-state index in [1.54, 1.807) is 4.68 Å². The van der Waals surface area contributed by atoms with Gasteiger partial charge in [-0.25, -0.2) is 0 Å². The minimum atomic E-state index is -0.590. The standard InChI is InChI=1S/C19H17ClN4O3/c1-2-17-15(11-21-23(17)12-13-6-4-3-5-7-13)19(25)22-14-8-9-16(20)18(10-14)24(26)27/h3-11H,2,12H2,1H3,(H,22,25). The number of carbonyl (C=O) groups is 1. The van der Waals surface area contributed by atoms with Gasteiger partial charge in [0.05, 0.1) is 28.9 Å². The number of amides is 1. The molecule has 0 spiro atoms. The maximum absolute atomic E-state index is 12.7. The van der Waals surface area contributed by atoms with Crippen molar-refractivity contribution in [2.75, 3.05) is 5.32 Å². The van der Waals surface area contributed by atoms with Crippen molar-refractivity contribution >= 4 is 28.9 Å². The Morgan fingerprint density at radius 2 is 2.00 bits per heavy atom. The highest BCUT2D eigenvalue weighted by atomic mass is 35.5. The van der Waals surface area contributed by atoms with Crippen molar-refractivity contribution in [1.29, 1.82) is 0 Å². The van der Waals surface area contributed by atoms with Crippen LogP contribution in [0.25, 0.3) is 0 Å². The molecule has 1 aromatic heterocycles. The summed E-state index contributed by atoms with van der Waals surface area (Å²) >= 11 is 5.81. The summed E-state index contributed by atoms with van der Waals surface area (Å²) in [5.74, 6) is -0.372. The fourth-order valence-corrected chi connectivity index (χ4v) is 2.98. The smallest absolute Gasteiger partial charge is 0.289 e. The minimum absolute atomic E-state index is 0.0166. The molecule has 0 saturated carbocycles. The third-order valence-corrected chi connectivity index (χ3v) is 4.42. The molecule has 27 heavy (non-hydrogen) atoms. The van der Waals surface area contributed by atoms with Gasteiger partial charge in [-0.2, -0.15) is 5.10 Å². The quantitative estimate of drug-likeness (QED) is 0.506. The number of carbonyl (C=O) groups excluding carboxylic acids is 1. The fraction of sp³-hybridized carbons (Fsp3) is 0.158. The van der Waals surface area contributed by atoms with Gasteiger partial charge in [0.15, 0.2) is 0 Å². The van der Waals surface area contributed by atoms with Gasteiger partial charge in [0, 0.05) is 11.8 Å². The summed E-state index contributed by atoms with van der Waals surface area (Å²) in [6, 6.07) is 14.0. The third-order valence-electron chi connectivity index (χ3n) is 4.10. The topological polar surface area (TPSA) is 90.1 Å². The lowest BCUT2D eigenvalue weighted by atomic mass is 10.1. The van der Waals surface area contributed by atoms with Gasteiger partial charge in [0.25, 0.3) is 11.6 Å². The van der Waals surface area contributed by atoms with E-state index in [1.165, 1.54) is 24.4 Å². The summed E-state index contributed by atoms with van der Waals surface area (Å²) < 4.78 is 1.79. The average molecular weight is 385 g/mol. The number of hydrogen-bond acceptors (Lipinski definition) is 4. The molecule has 1 N–H and O–H groups in total. The largest absolute Gasteiger partial charge is 0.322 e. The van der Waals surface area contributed by atoms with E-state index >= 15 is 0 Å². The van der Waals surface area contributed by atoms with Gasteiger partial charge < -0.3 is 5.32 Å². The van der Waals surface area contributed by atoms with Gasteiger partial charge in [-0.3, -0.25) is 19.6 Å². The van der Waals surface area contributed by atoms with Crippen LogP contribution < -0.4 is 5.32 Å². The lowest BCUT2D eigenvalue weighted by Gasteiger charge is -2.09. The predicted octanol–water partition coefficient (Wildman–Crippen LogP) is 4.31. The van der Waals surface area contributed by atoms with Crippen LogP contribution in [0.3, 0.4) is 0 Å². The predicted molar refractivity (Wildman–Crippen MR) is 103 cm³/mol. The number of nitrogens with one attached hydrogen (secondary N) is 1. The second-order valence-corrected chi connectivity index (χ2v) is 6.29. The first kappa shape index (κ1) is 18.6. The molecule has 0 radical (unpaired) electrons. The van der Waals surface area contributed by atoms with E-state index in [-0.39, 0.29) is 16.6 Å². The molecule has 3 rings (SSSR count). The summed E-state index contributed by atoms with van der Waals surface area (Å²) in [5, 5.41) is 18.0.